The molecule has 1 aromatic rings. The summed E-state index contributed by atoms with van der Waals surface area (Å²) < 4.78 is 5.90. The summed E-state index contributed by atoms with van der Waals surface area (Å²) >= 11 is 0. The second-order valence-electron chi connectivity index (χ2n) is 5.87. The van der Waals surface area contributed by atoms with Crippen molar-refractivity contribution < 1.29 is 4.74 Å². The number of rotatable bonds is 5. The Morgan fingerprint density at radius 2 is 2.30 bits per heavy atom. The lowest BCUT2D eigenvalue weighted by Crippen LogP contribution is -2.47. The van der Waals surface area contributed by atoms with Gasteiger partial charge in [0.05, 0.1) is 6.10 Å². The lowest BCUT2D eigenvalue weighted by Gasteiger charge is -2.40. The van der Waals surface area contributed by atoms with Crippen molar-refractivity contribution in [3.8, 4) is 5.75 Å². The van der Waals surface area contributed by atoms with E-state index in [2.05, 4.69) is 16.8 Å². The van der Waals surface area contributed by atoms with Gasteiger partial charge in [0.25, 0.3) is 0 Å². The van der Waals surface area contributed by atoms with Crippen LogP contribution < -0.4 is 15.4 Å². The van der Waals surface area contributed by atoms with E-state index in [0.29, 0.717) is 12.6 Å². The first-order valence-electron chi connectivity index (χ1n) is 7.74. The lowest BCUT2D eigenvalue weighted by molar-refractivity contribution is 0.239. The van der Waals surface area contributed by atoms with Crippen LogP contribution in [-0.4, -0.2) is 30.2 Å². The summed E-state index contributed by atoms with van der Waals surface area (Å²) in [5.41, 5.74) is 5.99. The fourth-order valence-electron chi connectivity index (χ4n) is 2.95. The Bertz CT molecular complexity index is 422. The Labute approximate surface area is 122 Å². The summed E-state index contributed by atoms with van der Waals surface area (Å²) in [6.45, 7) is 8.04. The predicted octanol–water partition coefficient (Wildman–Crippen LogP) is 2.82. The van der Waals surface area contributed by atoms with Crippen LogP contribution in [0.25, 0.3) is 0 Å². The molecule has 1 aliphatic heterocycles. The van der Waals surface area contributed by atoms with Crippen molar-refractivity contribution in [2.24, 2.45) is 11.7 Å². The average molecular weight is 277 g/mol. The van der Waals surface area contributed by atoms with Crippen molar-refractivity contribution in [2.45, 2.75) is 52.2 Å². The molecule has 0 amide bonds. The molecule has 0 aliphatic carbocycles. The number of nitrogens with zero attached hydrogens (tertiary/aromatic N) is 2. The van der Waals surface area contributed by atoms with E-state index < -0.39 is 0 Å². The molecule has 2 heterocycles. The van der Waals surface area contributed by atoms with Crippen molar-refractivity contribution in [2.75, 3.05) is 18.0 Å². The van der Waals surface area contributed by atoms with Crippen LogP contribution in [0.5, 0.6) is 5.75 Å². The summed E-state index contributed by atoms with van der Waals surface area (Å²) in [4.78, 5) is 6.89. The van der Waals surface area contributed by atoms with Gasteiger partial charge >= 0.3 is 0 Å². The first-order valence-corrected chi connectivity index (χ1v) is 7.74. The van der Waals surface area contributed by atoms with E-state index in [-0.39, 0.29) is 6.10 Å². The molecule has 20 heavy (non-hydrogen) atoms. The molecule has 4 heteroatoms. The minimum absolute atomic E-state index is 0.155. The van der Waals surface area contributed by atoms with Crippen LogP contribution >= 0.6 is 0 Å². The van der Waals surface area contributed by atoms with Gasteiger partial charge in [-0.25, -0.2) is 4.98 Å². The van der Waals surface area contributed by atoms with Crippen molar-refractivity contribution in [1.82, 2.24) is 4.98 Å². The van der Waals surface area contributed by atoms with Crippen LogP contribution in [0, 0.1) is 5.92 Å². The molecule has 0 bridgehead atoms. The second kappa shape index (κ2) is 6.93. The number of pyridine rings is 1. The maximum Gasteiger partial charge on any atom is 0.171 e. The van der Waals surface area contributed by atoms with Gasteiger partial charge in [0.2, 0.25) is 0 Å². The van der Waals surface area contributed by atoms with Gasteiger partial charge < -0.3 is 15.4 Å². The largest absolute Gasteiger partial charge is 0.487 e. The van der Waals surface area contributed by atoms with Crippen molar-refractivity contribution >= 4 is 5.82 Å². The minimum atomic E-state index is 0.155. The van der Waals surface area contributed by atoms with E-state index in [9.17, 15) is 0 Å². The smallest absolute Gasteiger partial charge is 0.171 e. The summed E-state index contributed by atoms with van der Waals surface area (Å²) in [5.74, 6) is 2.61. The Balaban J connectivity index is 2.21. The van der Waals surface area contributed by atoms with Gasteiger partial charge in [-0.2, -0.15) is 0 Å². The van der Waals surface area contributed by atoms with E-state index in [4.69, 9.17) is 10.5 Å². The second-order valence-corrected chi connectivity index (χ2v) is 5.87. The van der Waals surface area contributed by atoms with Gasteiger partial charge in [-0.3, -0.25) is 0 Å². The number of ether oxygens (including phenoxy) is 1. The number of aromatic nitrogens is 1. The van der Waals surface area contributed by atoms with Gasteiger partial charge in [-0.05, 0) is 44.7 Å². The van der Waals surface area contributed by atoms with E-state index >= 15 is 0 Å². The van der Waals surface area contributed by atoms with Crippen LogP contribution in [0.1, 0.15) is 40.0 Å². The van der Waals surface area contributed by atoms with Crippen molar-refractivity contribution in [3.63, 3.8) is 0 Å². The Kier molecular flexibility index (Phi) is 5.24. The average Bonchev–Trinajstić information content (AvgIpc) is 2.46. The number of nitrogens with two attached hydrogens (primary N) is 1. The zero-order chi connectivity index (χ0) is 14.5. The zero-order valence-electron chi connectivity index (χ0n) is 12.9. The standard InChI is InChI=1S/C16H27N3O/c1-4-13-7-9-19(14(10-13)11-17)16-15(20-12(2)3)6-5-8-18-16/h5-6,8,12-14H,4,7,9-11,17H2,1-3H3. The van der Waals surface area contributed by atoms with Gasteiger partial charge in [0.15, 0.2) is 11.6 Å². The molecule has 2 N–H and O–H groups in total. The van der Waals surface area contributed by atoms with Crippen LogP contribution in [0.2, 0.25) is 0 Å². The molecule has 0 aromatic carbocycles. The molecule has 1 fully saturated rings. The summed E-state index contributed by atoms with van der Waals surface area (Å²) in [6, 6.07) is 4.30. The maximum absolute atomic E-state index is 5.99. The minimum Gasteiger partial charge on any atom is -0.487 e. The summed E-state index contributed by atoms with van der Waals surface area (Å²) in [6.07, 6.45) is 5.60. The van der Waals surface area contributed by atoms with E-state index in [1.807, 2.05) is 32.2 Å². The third-order valence-electron chi connectivity index (χ3n) is 4.06. The van der Waals surface area contributed by atoms with Crippen LogP contribution in [0.3, 0.4) is 0 Å². The first-order chi connectivity index (χ1) is 9.65. The molecule has 0 radical (unpaired) electrons. The topological polar surface area (TPSA) is 51.4 Å². The van der Waals surface area contributed by atoms with E-state index in [1.165, 1.54) is 12.8 Å². The maximum atomic E-state index is 5.99. The summed E-state index contributed by atoms with van der Waals surface area (Å²) in [7, 11) is 0. The number of hydrogen-bond donors (Lipinski definition) is 1. The fourth-order valence-corrected chi connectivity index (χ4v) is 2.95. The zero-order valence-corrected chi connectivity index (χ0v) is 12.9. The third kappa shape index (κ3) is 3.42. The molecule has 2 atom stereocenters. The quantitative estimate of drug-likeness (QED) is 0.899. The van der Waals surface area contributed by atoms with E-state index in [0.717, 1.165) is 30.5 Å². The fraction of sp³-hybridized carbons (Fsp3) is 0.688. The molecule has 2 rings (SSSR count). The highest BCUT2D eigenvalue weighted by atomic mass is 16.5. The monoisotopic (exact) mass is 277 g/mol. The van der Waals surface area contributed by atoms with Crippen LogP contribution in [-0.2, 0) is 0 Å². The molecule has 112 valence electrons. The molecule has 2 unspecified atom stereocenters. The highest BCUT2D eigenvalue weighted by Gasteiger charge is 2.29. The molecule has 1 saturated heterocycles. The molecule has 1 aliphatic rings. The number of piperidine rings is 1. The molecular weight excluding hydrogens is 250 g/mol. The third-order valence-corrected chi connectivity index (χ3v) is 4.06. The summed E-state index contributed by atoms with van der Waals surface area (Å²) in [5, 5.41) is 0. The SMILES string of the molecule is CCC1CCN(c2ncccc2OC(C)C)C(CN)C1. The molecular formula is C16H27N3O. The Morgan fingerprint density at radius 3 is 2.95 bits per heavy atom. The van der Waals surface area contributed by atoms with Crippen LogP contribution in [0.4, 0.5) is 5.82 Å². The predicted molar refractivity (Wildman–Crippen MR) is 83.2 cm³/mol. The van der Waals surface area contributed by atoms with Crippen LogP contribution in [0.15, 0.2) is 18.3 Å². The van der Waals surface area contributed by atoms with Gasteiger partial charge in [0.1, 0.15) is 0 Å². The van der Waals surface area contributed by atoms with Gasteiger partial charge in [0, 0.05) is 25.3 Å². The van der Waals surface area contributed by atoms with Crippen molar-refractivity contribution in [3.05, 3.63) is 18.3 Å². The highest BCUT2D eigenvalue weighted by molar-refractivity contribution is 5.53. The number of anilines is 1. The number of hydrogen-bond acceptors (Lipinski definition) is 4. The Hall–Kier alpha value is -1.29. The highest BCUT2D eigenvalue weighted by Crippen LogP contribution is 2.33. The Morgan fingerprint density at radius 1 is 1.50 bits per heavy atom. The first kappa shape index (κ1) is 15.1. The molecule has 1 aromatic heterocycles. The molecule has 0 spiro atoms. The van der Waals surface area contributed by atoms with E-state index in [1.54, 1.807) is 0 Å². The van der Waals surface area contributed by atoms with Gasteiger partial charge in [-0.15, -0.1) is 0 Å². The molecule has 4 nitrogen and oxygen atoms in total. The molecule has 0 saturated carbocycles. The van der Waals surface area contributed by atoms with Gasteiger partial charge in [-0.1, -0.05) is 13.3 Å². The normalized spacial score (nSPS) is 23.1. The van der Waals surface area contributed by atoms with Crippen molar-refractivity contribution in [1.29, 1.82) is 0 Å². The lowest BCUT2D eigenvalue weighted by atomic mass is 9.89.